The maximum atomic E-state index is 11.0. The number of phenols is 2. The van der Waals surface area contributed by atoms with Crippen LogP contribution in [0.25, 0.3) is 0 Å². The number of fused-ring (bicyclic) bond motifs is 1. The molecular formula is C9H9NO3. The quantitative estimate of drug-likeness (QED) is 0.410. The van der Waals surface area contributed by atoms with E-state index in [1.807, 2.05) is 0 Å². The van der Waals surface area contributed by atoms with Crippen LogP contribution in [0.4, 0.5) is 5.69 Å². The number of rotatable bonds is 0. The van der Waals surface area contributed by atoms with Gasteiger partial charge in [-0.3, -0.25) is 4.79 Å². The van der Waals surface area contributed by atoms with Gasteiger partial charge in [-0.25, -0.2) is 0 Å². The number of anilines is 1. The molecule has 1 aliphatic heterocycles. The molecule has 0 spiro atoms. The van der Waals surface area contributed by atoms with Crippen molar-refractivity contribution < 1.29 is 15.0 Å². The van der Waals surface area contributed by atoms with E-state index < -0.39 is 0 Å². The zero-order valence-corrected chi connectivity index (χ0v) is 6.87. The summed E-state index contributed by atoms with van der Waals surface area (Å²) in [5.74, 6) is -0.409. The van der Waals surface area contributed by atoms with Crippen molar-refractivity contribution in [2.75, 3.05) is 5.32 Å². The highest BCUT2D eigenvalue weighted by Crippen LogP contribution is 2.33. The molecule has 0 radical (unpaired) electrons. The number of amides is 1. The van der Waals surface area contributed by atoms with Gasteiger partial charge in [0.2, 0.25) is 5.91 Å². The highest BCUT2D eigenvalue weighted by Gasteiger charge is 2.16. The number of benzene rings is 1. The van der Waals surface area contributed by atoms with Crippen LogP contribution in [0.1, 0.15) is 12.0 Å². The topological polar surface area (TPSA) is 69.6 Å². The monoisotopic (exact) mass is 179 g/mol. The second-order valence-corrected chi connectivity index (χ2v) is 3.05. The first kappa shape index (κ1) is 7.91. The molecule has 1 amide bonds. The first-order chi connectivity index (χ1) is 6.16. The standard InChI is InChI=1S/C9H9NO3/c11-7-3-5-1-2-9(13)10-6(5)4-8(7)12/h3-4,11-12H,1-2H2,(H,10,13). The van der Waals surface area contributed by atoms with Crippen LogP contribution in [0.2, 0.25) is 0 Å². The summed E-state index contributed by atoms with van der Waals surface area (Å²) in [7, 11) is 0. The molecule has 0 bridgehead atoms. The van der Waals surface area contributed by atoms with Crippen molar-refractivity contribution >= 4 is 11.6 Å². The SMILES string of the molecule is O=C1CCc2cc(O)c(O)cc2N1. The number of aryl methyl sites for hydroxylation is 1. The van der Waals surface area contributed by atoms with E-state index in [9.17, 15) is 9.90 Å². The van der Waals surface area contributed by atoms with Crippen LogP contribution >= 0.6 is 0 Å². The molecule has 1 aromatic rings. The van der Waals surface area contributed by atoms with E-state index in [1.165, 1.54) is 12.1 Å². The van der Waals surface area contributed by atoms with Crippen LogP contribution in [0.15, 0.2) is 12.1 Å². The van der Waals surface area contributed by atoms with Crippen LogP contribution in [-0.2, 0) is 11.2 Å². The summed E-state index contributed by atoms with van der Waals surface area (Å²) < 4.78 is 0. The molecule has 4 nitrogen and oxygen atoms in total. The lowest BCUT2D eigenvalue weighted by atomic mass is 10.0. The predicted octanol–water partition coefficient (Wildman–Crippen LogP) is 0.982. The van der Waals surface area contributed by atoms with Crippen LogP contribution in [0.3, 0.4) is 0 Å². The molecule has 0 atom stereocenters. The molecule has 0 saturated heterocycles. The lowest BCUT2D eigenvalue weighted by molar-refractivity contribution is -0.116. The van der Waals surface area contributed by atoms with Gasteiger partial charge in [-0.2, -0.15) is 0 Å². The normalized spacial score (nSPS) is 14.9. The number of hydrogen-bond donors (Lipinski definition) is 3. The van der Waals surface area contributed by atoms with Crippen molar-refractivity contribution in [2.24, 2.45) is 0 Å². The van der Waals surface area contributed by atoms with E-state index >= 15 is 0 Å². The number of hydrogen-bond acceptors (Lipinski definition) is 3. The summed E-state index contributed by atoms with van der Waals surface area (Å²) in [4.78, 5) is 11.0. The van der Waals surface area contributed by atoms with E-state index in [0.717, 1.165) is 5.56 Å². The van der Waals surface area contributed by atoms with E-state index in [4.69, 9.17) is 5.11 Å². The third kappa shape index (κ3) is 1.30. The summed E-state index contributed by atoms with van der Waals surface area (Å²) in [6.45, 7) is 0. The maximum absolute atomic E-state index is 11.0. The molecule has 0 aromatic heterocycles. The lowest BCUT2D eigenvalue weighted by Gasteiger charge is -2.16. The molecule has 0 aliphatic carbocycles. The molecule has 1 heterocycles. The fourth-order valence-corrected chi connectivity index (χ4v) is 1.40. The van der Waals surface area contributed by atoms with Gasteiger partial charge in [-0.15, -0.1) is 0 Å². The van der Waals surface area contributed by atoms with Crippen LogP contribution in [-0.4, -0.2) is 16.1 Å². The van der Waals surface area contributed by atoms with Gasteiger partial charge >= 0.3 is 0 Å². The summed E-state index contributed by atoms with van der Waals surface area (Å²) in [5, 5.41) is 21.0. The van der Waals surface area contributed by atoms with E-state index in [0.29, 0.717) is 18.5 Å². The Kier molecular flexibility index (Phi) is 1.62. The Morgan fingerprint density at radius 2 is 1.85 bits per heavy atom. The van der Waals surface area contributed by atoms with Crippen LogP contribution in [0, 0.1) is 0 Å². The van der Waals surface area contributed by atoms with Crippen molar-refractivity contribution in [3.05, 3.63) is 17.7 Å². The van der Waals surface area contributed by atoms with Crippen molar-refractivity contribution in [3.63, 3.8) is 0 Å². The Labute approximate surface area is 74.8 Å². The molecule has 1 aromatic carbocycles. The smallest absolute Gasteiger partial charge is 0.224 e. The highest BCUT2D eigenvalue weighted by molar-refractivity contribution is 5.94. The van der Waals surface area contributed by atoms with Crippen molar-refractivity contribution in [1.29, 1.82) is 0 Å². The zero-order valence-electron chi connectivity index (χ0n) is 6.87. The Balaban J connectivity index is 2.49. The van der Waals surface area contributed by atoms with E-state index in [2.05, 4.69) is 5.32 Å². The number of carbonyl (C=O) groups excluding carboxylic acids is 1. The Hall–Kier alpha value is -1.71. The van der Waals surface area contributed by atoms with Gasteiger partial charge in [-0.1, -0.05) is 0 Å². The molecule has 3 N–H and O–H groups in total. The molecular weight excluding hydrogens is 170 g/mol. The Morgan fingerprint density at radius 3 is 2.62 bits per heavy atom. The summed E-state index contributed by atoms with van der Waals surface area (Å²) in [5.41, 5.74) is 1.45. The van der Waals surface area contributed by atoms with Gasteiger partial charge in [0.25, 0.3) is 0 Å². The first-order valence-corrected chi connectivity index (χ1v) is 4.01. The lowest BCUT2D eigenvalue weighted by Crippen LogP contribution is -2.18. The fraction of sp³-hybridized carbons (Fsp3) is 0.222. The Bertz CT molecular complexity index is 373. The largest absolute Gasteiger partial charge is 0.504 e. The average molecular weight is 179 g/mol. The van der Waals surface area contributed by atoms with Gasteiger partial charge < -0.3 is 15.5 Å². The first-order valence-electron chi connectivity index (χ1n) is 4.01. The van der Waals surface area contributed by atoms with Crippen LogP contribution < -0.4 is 5.32 Å². The van der Waals surface area contributed by atoms with E-state index in [1.54, 1.807) is 0 Å². The van der Waals surface area contributed by atoms with E-state index in [-0.39, 0.29) is 17.4 Å². The second kappa shape index (κ2) is 2.65. The minimum Gasteiger partial charge on any atom is -0.504 e. The van der Waals surface area contributed by atoms with Crippen molar-refractivity contribution in [3.8, 4) is 11.5 Å². The average Bonchev–Trinajstić information content (AvgIpc) is 2.08. The molecule has 0 fully saturated rings. The fourth-order valence-electron chi connectivity index (χ4n) is 1.40. The minimum atomic E-state index is -0.207. The number of nitrogens with one attached hydrogen (secondary N) is 1. The molecule has 13 heavy (non-hydrogen) atoms. The van der Waals surface area contributed by atoms with Gasteiger partial charge in [0.05, 0.1) is 0 Å². The maximum Gasteiger partial charge on any atom is 0.224 e. The molecule has 0 saturated carbocycles. The third-order valence-corrected chi connectivity index (χ3v) is 2.10. The molecule has 0 unspecified atom stereocenters. The molecule has 4 heteroatoms. The number of aromatic hydroxyl groups is 2. The Morgan fingerprint density at radius 1 is 1.15 bits per heavy atom. The van der Waals surface area contributed by atoms with Gasteiger partial charge in [0.15, 0.2) is 11.5 Å². The minimum absolute atomic E-state index is 0.0578. The van der Waals surface area contributed by atoms with Crippen molar-refractivity contribution in [1.82, 2.24) is 0 Å². The molecule has 1 aliphatic rings. The van der Waals surface area contributed by atoms with Crippen molar-refractivity contribution in [2.45, 2.75) is 12.8 Å². The number of carbonyl (C=O) groups is 1. The zero-order chi connectivity index (χ0) is 9.42. The van der Waals surface area contributed by atoms with Gasteiger partial charge in [0, 0.05) is 18.2 Å². The second-order valence-electron chi connectivity index (χ2n) is 3.05. The predicted molar refractivity (Wildman–Crippen MR) is 46.7 cm³/mol. The molecule has 68 valence electrons. The third-order valence-electron chi connectivity index (χ3n) is 2.10. The van der Waals surface area contributed by atoms with Gasteiger partial charge in [0.1, 0.15) is 0 Å². The number of phenolic OH excluding ortho intramolecular Hbond substituents is 2. The summed E-state index contributed by atoms with van der Waals surface area (Å²) >= 11 is 0. The highest BCUT2D eigenvalue weighted by atomic mass is 16.3. The summed E-state index contributed by atoms with van der Waals surface area (Å²) in [6, 6.07) is 2.84. The van der Waals surface area contributed by atoms with Crippen LogP contribution in [0.5, 0.6) is 11.5 Å². The van der Waals surface area contributed by atoms with Gasteiger partial charge in [-0.05, 0) is 18.1 Å². The molecule has 2 rings (SSSR count). The summed E-state index contributed by atoms with van der Waals surface area (Å²) in [6.07, 6.45) is 1.03.